The van der Waals surface area contributed by atoms with Crippen LogP contribution in [0.4, 0.5) is 4.39 Å². The maximum absolute atomic E-state index is 14.3. The predicted octanol–water partition coefficient (Wildman–Crippen LogP) is 3.10. The van der Waals surface area contributed by atoms with Crippen molar-refractivity contribution in [3.05, 3.63) is 71.5 Å². The molecule has 1 aliphatic rings. The first-order valence-corrected chi connectivity index (χ1v) is 10.00. The number of carbonyl (C=O) groups excluding carboxylic acids is 2. The van der Waals surface area contributed by atoms with Crippen LogP contribution in [0.5, 0.6) is 0 Å². The van der Waals surface area contributed by atoms with Gasteiger partial charge in [-0.25, -0.2) is 4.39 Å². The summed E-state index contributed by atoms with van der Waals surface area (Å²) < 4.78 is 14.3. The van der Waals surface area contributed by atoms with Gasteiger partial charge in [-0.1, -0.05) is 42.5 Å². The molecule has 3 rings (SSSR count). The van der Waals surface area contributed by atoms with Crippen molar-refractivity contribution < 1.29 is 14.0 Å². The number of nitrogens with one attached hydrogen (secondary N) is 1. The molecule has 2 atom stereocenters. The van der Waals surface area contributed by atoms with Crippen molar-refractivity contribution in [1.82, 2.24) is 15.1 Å². The summed E-state index contributed by atoms with van der Waals surface area (Å²) in [5.41, 5.74) is 1.05. The summed E-state index contributed by atoms with van der Waals surface area (Å²) in [6.45, 7) is 1.59. The lowest BCUT2D eigenvalue weighted by Gasteiger charge is -2.39. The Morgan fingerprint density at radius 3 is 2.45 bits per heavy atom. The van der Waals surface area contributed by atoms with Gasteiger partial charge in [0.05, 0.1) is 17.5 Å². The van der Waals surface area contributed by atoms with Gasteiger partial charge in [-0.3, -0.25) is 9.59 Å². The molecule has 154 valence electrons. The van der Waals surface area contributed by atoms with Crippen LogP contribution in [0.25, 0.3) is 0 Å². The first kappa shape index (κ1) is 21.0. The Kier molecular flexibility index (Phi) is 6.99. The summed E-state index contributed by atoms with van der Waals surface area (Å²) in [4.78, 5) is 29.5. The molecule has 0 spiro atoms. The number of halogens is 1. The van der Waals surface area contributed by atoms with Crippen molar-refractivity contribution in [2.75, 3.05) is 33.7 Å². The predicted molar refractivity (Wildman–Crippen MR) is 111 cm³/mol. The minimum Gasteiger partial charge on any atom is -0.355 e. The maximum atomic E-state index is 14.3. The van der Waals surface area contributed by atoms with Crippen molar-refractivity contribution in [3.63, 3.8) is 0 Å². The lowest BCUT2D eigenvalue weighted by Crippen LogP contribution is -2.47. The highest BCUT2D eigenvalue weighted by Crippen LogP contribution is 2.34. The summed E-state index contributed by atoms with van der Waals surface area (Å²) in [6.07, 6.45) is 1.35. The molecule has 1 saturated heterocycles. The number of benzene rings is 2. The van der Waals surface area contributed by atoms with Crippen LogP contribution in [0, 0.1) is 11.7 Å². The van der Waals surface area contributed by atoms with Crippen LogP contribution >= 0.6 is 0 Å². The van der Waals surface area contributed by atoms with E-state index in [1.54, 1.807) is 17.0 Å². The molecular formula is C23H28FN3O2. The summed E-state index contributed by atoms with van der Waals surface area (Å²) >= 11 is 0. The molecule has 1 heterocycles. The zero-order valence-electron chi connectivity index (χ0n) is 17.0. The van der Waals surface area contributed by atoms with Crippen molar-refractivity contribution in [2.45, 2.75) is 18.9 Å². The van der Waals surface area contributed by atoms with Crippen LogP contribution in [-0.2, 0) is 4.79 Å². The van der Waals surface area contributed by atoms with Gasteiger partial charge >= 0.3 is 0 Å². The molecule has 2 aromatic rings. The van der Waals surface area contributed by atoms with Gasteiger partial charge in [0.25, 0.3) is 5.91 Å². The van der Waals surface area contributed by atoms with E-state index in [1.807, 2.05) is 49.3 Å². The smallest absolute Gasteiger partial charge is 0.257 e. The Hall–Kier alpha value is -2.73. The van der Waals surface area contributed by atoms with Gasteiger partial charge in [0.15, 0.2) is 0 Å². The van der Waals surface area contributed by atoms with E-state index in [0.717, 1.165) is 12.1 Å². The third-order valence-electron chi connectivity index (χ3n) is 5.36. The van der Waals surface area contributed by atoms with Crippen molar-refractivity contribution in [3.8, 4) is 0 Å². The van der Waals surface area contributed by atoms with E-state index < -0.39 is 5.82 Å². The summed E-state index contributed by atoms with van der Waals surface area (Å²) in [7, 11) is 3.90. The van der Waals surface area contributed by atoms with Crippen molar-refractivity contribution in [1.29, 1.82) is 0 Å². The SMILES string of the molecule is CN(C)CCNC(=O)[C@@H]1CC[C@@H](c2ccccc2)N(C(=O)c2ccccc2F)C1. The second-order valence-corrected chi connectivity index (χ2v) is 7.73. The number of hydrogen-bond donors (Lipinski definition) is 1. The van der Waals surface area contributed by atoms with Gasteiger partial charge < -0.3 is 15.1 Å². The van der Waals surface area contributed by atoms with Crippen LogP contribution in [0.2, 0.25) is 0 Å². The molecular weight excluding hydrogens is 369 g/mol. The molecule has 29 heavy (non-hydrogen) atoms. The average molecular weight is 397 g/mol. The highest BCUT2D eigenvalue weighted by Gasteiger charge is 2.36. The first-order valence-electron chi connectivity index (χ1n) is 10.00. The Morgan fingerprint density at radius 1 is 1.07 bits per heavy atom. The maximum Gasteiger partial charge on any atom is 0.257 e. The van der Waals surface area contributed by atoms with E-state index >= 15 is 0 Å². The van der Waals surface area contributed by atoms with E-state index in [9.17, 15) is 14.0 Å². The van der Waals surface area contributed by atoms with Gasteiger partial charge in [0.1, 0.15) is 5.82 Å². The standard InChI is InChI=1S/C23H28FN3O2/c1-26(2)15-14-25-22(28)18-12-13-21(17-8-4-3-5-9-17)27(16-18)23(29)19-10-6-7-11-20(19)24/h3-11,18,21H,12-16H2,1-2H3,(H,25,28)/t18-,21+/m1/s1. The molecule has 2 aromatic carbocycles. The number of likely N-dealkylation sites (tertiary alicyclic amines) is 1. The molecule has 0 bridgehead atoms. The molecule has 5 nitrogen and oxygen atoms in total. The summed E-state index contributed by atoms with van der Waals surface area (Å²) in [5.74, 6) is -1.26. The molecule has 1 aliphatic heterocycles. The number of carbonyl (C=O) groups is 2. The van der Waals surface area contributed by atoms with Crippen molar-refractivity contribution >= 4 is 11.8 Å². The molecule has 0 radical (unpaired) electrons. The van der Waals surface area contributed by atoms with Crippen LogP contribution < -0.4 is 5.32 Å². The molecule has 0 saturated carbocycles. The molecule has 0 aromatic heterocycles. The minimum absolute atomic E-state index is 0.0436. The number of piperidine rings is 1. The lowest BCUT2D eigenvalue weighted by atomic mass is 9.87. The number of hydrogen-bond acceptors (Lipinski definition) is 3. The third-order valence-corrected chi connectivity index (χ3v) is 5.36. The van der Waals surface area contributed by atoms with E-state index in [4.69, 9.17) is 0 Å². The monoisotopic (exact) mass is 397 g/mol. The zero-order valence-corrected chi connectivity index (χ0v) is 17.0. The van der Waals surface area contributed by atoms with Crippen molar-refractivity contribution in [2.24, 2.45) is 5.92 Å². The van der Waals surface area contributed by atoms with Crippen LogP contribution in [-0.4, -0.2) is 55.3 Å². The Morgan fingerprint density at radius 2 is 1.76 bits per heavy atom. The first-order chi connectivity index (χ1) is 14.0. The normalized spacial score (nSPS) is 19.2. The fourth-order valence-corrected chi connectivity index (χ4v) is 3.77. The second kappa shape index (κ2) is 9.65. The fraction of sp³-hybridized carbons (Fsp3) is 0.391. The largest absolute Gasteiger partial charge is 0.355 e. The third kappa shape index (κ3) is 5.21. The van der Waals surface area contributed by atoms with Gasteiger partial charge in [-0.2, -0.15) is 0 Å². The number of rotatable bonds is 6. The van der Waals surface area contributed by atoms with Gasteiger partial charge in [0.2, 0.25) is 5.91 Å². The summed E-state index contributed by atoms with van der Waals surface area (Å²) in [6, 6.07) is 15.6. The minimum atomic E-state index is -0.540. The van der Waals surface area contributed by atoms with Gasteiger partial charge in [-0.15, -0.1) is 0 Å². The molecule has 0 unspecified atom stereocenters. The average Bonchev–Trinajstić information content (AvgIpc) is 2.73. The Balaban J connectivity index is 1.81. The summed E-state index contributed by atoms with van der Waals surface area (Å²) in [5, 5.41) is 2.96. The molecule has 6 heteroatoms. The highest BCUT2D eigenvalue weighted by molar-refractivity contribution is 5.95. The molecule has 1 fully saturated rings. The number of amides is 2. The van der Waals surface area contributed by atoms with Gasteiger partial charge in [0, 0.05) is 19.6 Å². The Bertz CT molecular complexity index is 841. The molecule has 2 amide bonds. The van der Waals surface area contributed by atoms with E-state index in [0.29, 0.717) is 19.4 Å². The van der Waals surface area contributed by atoms with Crippen LogP contribution in [0.3, 0.4) is 0 Å². The number of nitrogens with zero attached hydrogens (tertiary/aromatic N) is 2. The van der Waals surface area contributed by atoms with E-state index in [2.05, 4.69) is 5.32 Å². The molecule has 1 N–H and O–H groups in total. The van der Waals surface area contributed by atoms with Gasteiger partial charge in [-0.05, 0) is 44.6 Å². The topological polar surface area (TPSA) is 52.7 Å². The fourth-order valence-electron chi connectivity index (χ4n) is 3.77. The van der Waals surface area contributed by atoms with E-state index in [-0.39, 0.29) is 35.9 Å². The second-order valence-electron chi connectivity index (χ2n) is 7.73. The zero-order chi connectivity index (χ0) is 20.8. The van der Waals surface area contributed by atoms with Crippen LogP contribution in [0.15, 0.2) is 54.6 Å². The molecule has 0 aliphatic carbocycles. The lowest BCUT2D eigenvalue weighted by molar-refractivity contribution is -0.126. The number of likely N-dealkylation sites (N-methyl/N-ethyl adjacent to an activating group) is 1. The van der Waals surface area contributed by atoms with Crippen LogP contribution in [0.1, 0.15) is 34.8 Å². The quantitative estimate of drug-likeness (QED) is 0.815. The Labute approximate surface area is 171 Å². The van der Waals surface area contributed by atoms with E-state index in [1.165, 1.54) is 12.1 Å². The highest BCUT2D eigenvalue weighted by atomic mass is 19.1.